The van der Waals surface area contributed by atoms with Crippen LogP contribution in [0.1, 0.15) is 52.9 Å². The van der Waals surface area contributed by atoms with E-state index in [0.29, 0.717) is 16.9 Å². The van der Waals surface area contributed by atoms with Crippen molar-refractivity contribution >= 4 is 17.5 Å². The summed E-state index contributed by atoms with van der Waals surface area (Å²) >= 11 is 0. The number of hydrogen-bond acceptors (Lipinski definition) is 3. The molecule has 0 fully saturated rings. The van der Waals surface area contributed by atoms with Gasteiger partial charge in [-0.05, 0) is 30.7 Å². The van der Waals surface area contributed by atoms with Crippen LogP contribution in [0.15, 0.2) is 24.3 Å². The second kappa shape index (κ2) is 5.87. The van der Waals surface area contributed by atoms with E-state index < -0.39 is 5.91 Å². The highest BCUT2D eigenvalue weighted by Crippen LogP contribution is 2.22. The first-order valence-electron chi connectivity index (χ1n) is 7.36. The normalized spacial score (nSPS) is 11.3. The summed E-state index contributed by atoms with van der Waals surface area (Å²) in [6.45, 7) is 7.97. The number of anilines is 1. The molecule has 3 N–H and O–H groups in total. The molecule has 2 aromatic rings. The van der Waals surface area contributed by atoms with Crippen LogP contribution < -0.4 is 11.1 Å². The monoisotopic (exact) mass is 314 g/mol. The van der Waals surface area contributed by atoms with Crippen LogP contribution in [0.3, 0.4) is 0 Å². The van der Waals surface area contributed by atoms with Gasteiger partial charge in [0.25, 0.3) is 5.91 Å². The molecule has 0 bridgehead atoms. The van der Waals surface area contributed by atoms with E-state index in [-0.39, 0.29) is 11.3 Å². The summed E-state index contributed by atoms with van der Waals surface area (Å²) in [5, 5.41) is 7.21. The van der Waals surface area contributed by atoms with Crippen LogP contribution in [-0.4, -0.2) is 21.6 Å². The zero-order valence-electron chi connectivity index (χ0n) is 14.1. The van der Waals surface area contributed by atoms with Crippen molar-refractivity contribution in [1.29, 1.82) is 0 Å². The van der Waals surface area contributed by atoms with Gasteiger partial charge in [0.15, 0.2) is 0 Å². The molecular formula is C17H22N4O2. The topological polar surface area (TPSA) is 90.0 Å². The third-order valence-corrected chi connectivity index (χ3v) is 3.65. The average Bonchev–Trinajstić information content (AvgIpc) is 2.83. The minimum atomic E-state index is -0.531. The van der Waals surface area contributed by atoms with Crippen molar-refractivity contribution in [2.24, 2.45) is 12.8 Å². The predicted molar refractivity (Wildman–Crippen MR) is 89.6 cm³/mol. The molecule has 0 unspecified atom stereocenters. The number of rotatable bonds is 3. The van der Waals surface area contributed by atoms with Crippen molar-refractivity contribution in [2.75, 3.05) is 5.32 Å². The molecule has 2 amide bonds. The van der Waals surface area contributed by atoms with E-state index in [9.17, 15) is 9.59 Å². The van der Waals surface area contributed by atoms with Crippen LogP contribution in [0, 0.1) is 6.92 Å². The SMILES string of the molecule is Cc1ccc(C(N)=O)cc1NC(=O)c1cc(C(C)(C)C)nn1C. The summed E-state index contributed by atoms with van der Waals surface area (Å²) in [5.41, 5.74) is 8.20. The highest BCUT2D eigenvalue weighted by molar-refractivity contribution is 6.04. The van der Waals surface area contributed by atoms with E-state index in [1.807, 2.05) is 27.7 Å². The number of primary amides is 1. The quantitative estimate of drug-likeness (QED) is 0.911. The molecule has 0 radical (unpaired) electrons. The van der Waals surface area contributed by atoms with E-state index in [0.717, 1.165) is 11.3 Å². The Morgan fingerprint density at radius 2 is 1.87 bits per heavy atom. The van der Waals surface area contributed by atoms with E-state index >= 15 is 0 Å². The highest BCUT2D eigenvalue weighted by Gasteiger charge is 2.22. The van der Waals surface area contributed by atoms with E-state index in [4.69, 9.17) is 5.73 Å². The molecule has 1 aromatic carbocycles. The van der Waals surface area contributed by atoms with Crippen LogP contribution in [0.5, 0.6) is 0 Å². The second-order valence-electron chi connectivity index (χ2n) is 6.64. The Labute approximate surface area is 135 Å². The van der Waals surface area contributed by atoms with Gasteiger partial charge >= 0.3 is 0 Å². The van der Waals surface area contributed by atoms with E-state index in [2.05, 4.69) is 10.4 Å². The Hall–Kier alpha value is -2.63. The fraction of sp³-hybridized carbons (Fsp3) is 0.353. The van der Waals surface area contributed by atoms with Crippen LogP contribution in [-0.2, 0) is 12.5 Å². The maximum atomic E-state index is 12.5. The number of benzene rings is 1. The van der Waals surface area contributed by atoms with Gasteiger partial charge in [-0.15, -0.1) is 0 Å². The first-order chi connectivity index (χ1) is 10.6. The zero-order chi connectivity index (χ0) is 17.4. The highest BCUT2D eigenvalue weighted by atomic mass is 16.2. The molecular weight excluding hydrogens is 292 g/mol. The lowest BCUT2D eigenvalue weighted by atomic mass is 9.92. The summed E-state index contributed by atoms with van der Waals surface area (Å²) in [7, 11) is 1.73. The number of carbonyl (C=O) groups is 2. The molecule has 0 spiro atoms. The fourth-order valence-corrected chi connectivity index (χ4v) is 2.14. The second-order valence-corrected chi connectivity index (χ2v) is 6.64. The number of hydrogen-bond donors (Lipinski definition) is 2. The maximum absolute atomic E-state index is 12.5. The minimum absolute atomic E-state index is 0.141. The van der Waals surface area contributed by atoms with E-state index in [1.54, 1.807) is 36.0 Å². The number of carbonyl (C=O) groups excluding carboxylic acids is 2. The number of nitrogens with one attached hydrogen (secondary N) is 1. The Morgan fingerprint density at radius 1 is 1.22 bits per heavy atom. The Bertz CT molecular complexity index is 769. The zero-order valence-corrected chi connectivity index (χ0v) is 14.1. The predicted octanol–water partition coefficient (Wildman–Crippen LogP) is 2.38. The smallest absolute Gasteiger partial charge is 0.273 e. The molecule has 6 nitrogen and oxygen atoms in total. The fourth-order valence-electron chi connectivity index (χ4n) is 2.14. The van der Waals surface area contributed by atoms with Crippen molar-refractivity contribution in [2.45, 2.75) is 33.1 Å². The molecule has 23 heavy (non-hydrogen) atoms. The number of amides is 2. The van der Waals surface area contributed by atoms with Crippen LogP contribution in [0.4, 0.5) is 5.69 Å². The standard InChI is InChI=1S/C17H22N4O2/c1-10-6-7-11(15(18)22)8-12(10)19-16(23)13-9-14(17(2,3)4)20-21(13)5/h6-9H,1-5H3,(H2,18,22)(H,19,23). The summed E-state index contributed by atoms with van der Waals surface area (Å²) in [5.74, 6) is -0.809. The molecule has 0 aliphatic rings. The van der Waals surface area contributed by atoms with Crippen LogP contribution in [0.2, 0.25) is 0 Å². The summed E-state index contributed by atoms with van der Waals surface area (Å²) < 4.78 is 1.56. The van der Waals surface area contributed by atoms with Crippen molar-refractivity contribution < 1.29 is 9.59 Å². The van der Waals surface area contributed by atoms with Gasteiger partial charge in [-0.3, -0.25) is 14.3 Å². The van der Waals surface area contributed by atoms with Gasteiger partial charge in [0, 0.05) is 23.7 Å². The largest absolute Gasteiger partial charge is 0.366 e. The number of aromatic nitrogens is 2. The van der Waals surface area contributed by atoms with Gasteiger partial charge in [0.1, 0.15) is 5.69 Å². The minimum Gasteiger partial charge on any atom is -0.366 e. The third-order valence-electron chi connectivity index (χ3n) is 3.65. The van der Waals surface area contributed by atoms with Crippen molar-refractivity contribution in [3.05, 3.63) is 46.8 Å². The van der Waals surface area contributed by atoms with Crippen molar-refractivity contribution in [3.63, 3.8) is 0 Å². The first kappa shape index (κ1) is 16.7. The lowest BCUT2D eigenvalue weighted by Gasteiger charge is -2.13. The molecule has 1 heterocycles. The van der Waals surface area contributed by atoms with Gasteiger partial charge in [-0.25, -0.2) is 0 Å². The molecule has 0 aliphatic carbocycles. The molecule has 0 aliphatic heterocycles. The maximum Gasteiger partial charge on any atom is 0.273 e. The molecule has 0 saturated carbocycles. The molecule has 1 aromatic heterocycles. The number of aryl methyl sites for hydroxylation is 2. The molecule has 0 saturated heterocycles. The van der Waals surface area contributed by atoms with Gasteiger partial charge in [0.05, 0.1) is 5.69 Å². The van der Waals surface area contributed by atoms with Crippen LogP contribution in [0.25, 0.3) is 0 Å². The van der Waals surface area contributed by atoms with Crippen molar-refractivity contribution in [1.82, 2.24) is 9.78 Å². The first-order valence-corrected chi connectivity index (χ1v) is 7.36. The van der Waals surface area contributed by atoms with Gasteiger partial charge in [-0.1, -0.05) is 26.8 Å². The molecule has 2 rings (SSSR count). The average molecular weight is 314 g/mol. The third kappa shape index (κ3) is 3.59. The Kier molecular flexibility index (Phi) is 4.27. The Morgan fingerprint density at radius 3 is 2.39 bits per heavy atom. The van der Waals surface area contributed by atoms with Gasteiger partial charge < -0.3 is 11.1 Å². The van der Waals surface area contributed by atoms with Gasteiger partial charge in [0.2, 0.25) is 5.91 Å². The Balaban J connectivity index is 2.31. The molecule has 6 heteroatoms. The molecule has 122 valence electrons. The summed E-state index contributed by atoms with van der Waals surface area (Å²) in [6.07, 6.45) is 0. The summed E-state index contributed by atoms with van der Waals surface area (Å²) in [4.78, 5) is 23.8. The lowest BCUT2D eigenvalue weighted by Crippen LogP contribution is -2.18. The van der Waals surface area contributed by atoms with Crippen molar-refractivity contribution in [3.8, 4) is 0 Å². The number of nitrogens with zero attached hydrogens (tertiary/aromatic N) is 2. The summed E-state index contributed by atoms with van der Waals surface area (Å²) in [6, 6.07) is 6.74. The van der Waals surface area contributed by atoms with Gasteiger partial charge in [-0.2, -0.15) is 5.10 Å². The molecule has 0 atom stereocenters. The van der Waals surface area contributed by atoms with E-state index in [1.165, 1.54) is 0 Å². The number of nitrogens with two attached hydrogens (primary N) is 1. The van der Waals surface area contributed by atoms with Crippen LogP contribution >= 0.6 is 0 Å². The lowest BCUT2D eigenvalue weighted by molar-refractivity contribution is 0.0994.